The summed E-state index contributed by atoms with van der Waals surface area (Å²) in [5, 5.41) is 2.95. The first kappa shape index (κ1) is 18.5. The van der Waals surface area contributed by atoms with Crippen molar-refractivity contribution < 1.29 is 9.53 Å². The molecule has 0 unspecified atom stereocenters. The highest BCUT2D eigenvalue weighted by atomic mass is 79.9. The fraction of sp³-hybridized carbons (Fsp3) is 0.350. The van der Waals surface area contributed by atoms with E-state index in [4.69, 9.17) is 4.74 Å². The second-order valence-corrected chi connectivity index (χ2v) is 7.61. The van der Waals surface area contributed by atoms with Gasteiger partial charge in [0.2, 0.25) is 0 Å². The van der Waals surface area contributed by atoms with Gasteiger partial charge in [0.1, 0.15) is 5.75 Å². The van der Waals surface area contributed by atoms with Gasteiger partial charge in [-0.3, -0.25) is 4.79 Å². The number of rotatable bonds is 5. The zero-order valence-electron chi connectivity index (χ0n) is 14.7. The van der Waals surface area contributed by atoms with Crippen molar-refractivity contribution in [2.45, 2.75) is 39.5 Å². The third-order valence-corrected chi connectivity index (χ3v) is 4.39. The Morgan fingerprint density at radius 3 is 2.50 bits per heavy atom. The smallest absolute Gasteiger partial charge is 0.262 e. The second-order valence-electron chi connectivity index (χ2n) is 6.75. The van der Waals surface area contributed by atoms with E-state index < -0.39 is 0 Å². The van der Waals surface area contributed by atoms with Crippen LogP contribution >= 0.6 is 15.9 Å². The summed E-state index contributed by atoms with van der Waals surface area (Å²) in [5.74, 6) is 0.504. The molecule has 0 radical (unpaired) electrons. The number of para-hydroxylation sites is 1. The molecule has 1 amide bonds. The molecule has 0 aromatic heterocycles. The molecule has 24 heavy (non-hydrogen) atoms. The van der Waals surface area contributed by atoms with Crippen molar-refractivity contribution in [3.8, 4) is 5.75 Å². The van der Waals surface area contributed by atoms with Crippen LogP contribution in [0.3, 0.4) is 0 Å². The molecule has 0 aliphatic rings. The van der Waals surface area contributed by atoms with Gasteiger partial charge in [0.25, 0.3) is 5.91 Å². The number of nitrogens with one attached hydrogen (secondary N) is 1. The zero-order valence-corrected chi connectivity index (χ0v) is 16.2. The maximum Gasteiger partial charge on any atom is 0.262 e. The van der Waals surface area contributed by atoms with Crippen molar-refractivity contribution >= 4 is 27.5 Å². The predicted octanol–water partition coefficient (Wildman–Crippen LogP) is 5.33. The van der Waals surface area contributed by atoms with Crippen LogP contribution in [0.4, 0.5) is 5.69 Å². The highest BCUT2D eigenvalue weighted by Crippen LogP contribution is 2.29. The van der Waals surface area contributed by atoms with Gasteiger partial charge in [-0.1, -0.05) is 52.0 Å². The van der Waals surface area contributed by atoms with Gasteiger partial charge in [-0.25, -0.2) is 0 Å². The summed E-state index contributed by atoms with van der Waals surface area (Å²) in [5.41, 5.74) is 3.12. The molecule has 0 aliphatic heterocycles. The maximum absolute atomic E-state index is 12.2. The average Bonchev–Trinajstić information content (AvgIpc) is 2.53. The fourth-order valence-corrected chi connectivity index (χ4v) is 3.00. The molecule has 4 heteroatoms. The Labute approximate surface area is 152 Å². The van der Waals surface area contributed by atoms with Gasteiger partial charge in [0.15, 0.2) is 6.61 Å². The van der Waals surface area contributed by atoms with Crippen LogP contribution in [-0.2, 0) is 16.6 Å². The molecule has 0 aliphatic carbocycles. The van der Waals surface area contributed by atoms with E-state index in [1.165, 1.54) is 5.56 Å². The molecule has 2 rings (SSSR count). The van der Waals surface area contributed by atoms with Crippen molar-refractivity contribution in [2.24, 2.45) is 0 Å². The minimum absolute atomic E-state index is 0.0252. The van der Waals surface area contributed by atoms with Crippen LogP contribution < -0.4 is 10.1 Å². The summed E-state index contributed by atoms with van der Waals surface area (Å²) < 4.78 is 6.50. The largest absolute Gasteiger partial charge is 0.483 e. The number of carbonyl (C=O) groups is 1. The fourth-order valence-electron chi connectivity index (χ4n) is 2.46. The third kappa shape index (κ3) is 4.84. The molecular formula is C20H24BrNO2. The summed E-state index contributed by atoms with van der Waals surface area (Å²) >= 11 is 3.49. The number of anilines is 1. The van der Waals surface area contributed by atoms with E-state index >= 15 is 0 Å². The molecule has 1 N–H and O–H groups in total. The molecule has 0 saturated heterocycles. The molecule has 0 atom stereocenters. The van der Waals surface area contributed by atoms with E-state index in [1.54, 1.807) is 0 Å². The Morgan fingerprint density at radius 2 is 1.88 bits per heavy atom. The first-order chi connectivity index (χ1) is 11.3. The van der Waals surface area contributed by atoms with E-state index in [2.05, 4.69) is 48.9 Å². The van der Waals surface area contributed by atoms with Crippen LogP contribution in [0.25, 0.3) is 0 Å². The monoisotopic (exact) mass is 389 g/mol. The van der Waals surface area contributed by atoms with Crippen LogP contribution in [0, 0.1) is 0 Å². The molecule has 128 valence electrons. The molecular weight excluding hydrogens is 366 g/mol. The van der Waals surface area contributed by atoms with Crippen molar-refractivity contribution in [3.05, 3.63) is 58.1 Å². The number of benzene rings is 2. The lowest BCUT2D eigenvalue weighted by Gasteiger charge is -2.23. The van der Waals surface area contributed by atoms with Gasteiger partial charge in [-0.2, -0.15) is 0 Å². The number of carbonyl (C=O) groups excluding carboxylic acids is 1. The number of aryl methyl sites for hydroxylation is 1. The van der Waals surface area contributed by atoms with E-state index in [-0.39, 0.29) is 17.9 Å². The lowest BCUT2D eigenvalue weighted by molar-refractivity contribution is -0.118. The Kier molecular flexibility index (Phi) is 6.05. The van der Waals surface area contributed by atoms with Crippen LogP contribution in [0.2, 0.25) is 0 Å². The number of hydrogen-bond donors (Lipinski definition) is 1. The SMILES string of the molecule is CCc1ccc(OCC(=O)Nc2ccccc2C(C)(C)C)c(Br)c1. The topological polar surface area (TPSA) is 38.3 Å². The van der Waals surface area contributed by atoms with Gasteiger partial charge in [0.05, 0.1) is 4.47 Å². The lowest BCUT2D eigenvalue weighted by atomic mass is 9.86. The minimum atomic E-state index is -0.168. The van der Waals surface area contributed by atoms with E-state index in [1.807, 2.05) is 42.5 Å². The first-order valence-corrected chi connectivity index (χ1v) is 8.91. The van der Waals surface area contributed by atoms with Crippen LogP contribution in [0.5, 0.6) is 5.75 Å². The average molecular weight is 390 g/mol. The van der Waals surface area contributed by atoms with Crippen molar-refractivity contribution in [2.75, 3.05) is 11.9 Å². The molecule has 3 nitrogen and oxygen atoms in total. The minimum Gasteiger partial charge on any atom is -0.483 e. The lowest BCUT2D eigenvalue weighted by Crippen LogP contribution is -2.23. The molecule has 0 heterocycles. The molecule has 0 fully saturated rings. The van der Waals surface area contributed by atoms with Crippen LogP contribution in [0.1, 0.15) is 38.8 Å². The van der Waals surface area contributed by atoms with E-state index in [9.17, 15) is 4.79 Å². The maximum atomic E-state index is 12.2. The van der Waals surface area contributed by atoms with Gasteiger partial charge >= 0.3 is 0 Å². The van der Waals surface area contributed by atoms with Crippen LogP contribution in [-0.4, -0.2) is 12.5 Å². The van der Waals surface area contributed by atoms with Crippen molar-refractivity contribution in [3.63, 3.8) is 0 Å². The number of amides is 1. The predicted molar refractivity (Wildman–Crippen MR) is 103 cm³/mol. The number of hydrogen-bond acceptors (Lipinski definition) is 2. The molecule has 0 spiro atoms. The number of halogens is 1. The van der Waals surface area contributed by atoms with Crippen molar-refractivity contribution in [1.82, 2.24) is 0 Å². The first-order valence-electron chi connectivity index (χ1n) is 8.12. The summed E-state index contributed by atoms with van der Waals surface area (Å²) in [7, 11) is 0. The number of ether oxygens (including phenoxy) is 1. The van der Waals surface area contributed by atoms with Gasteiger partial charge in [0, 0.05) is 5.69 Å². The Hall–Kier alpha value is -1.81. The molecule has 0 bridgehead atoms. The zero-order chi connectivity index (χ0) is 17.7. The summed E-state index contributed by atoms with van der Waals surface area (Å²) in [6.07, 6.45) is 0.961. The van der Waals surface area contributed by atoms with Gasteiger partial charge in [-0.15, -0.1) is 0 Å². The van der Waals surface area contributed by atoms with E-state index in [0.717, 1.165) is 22.1 Å². The normalized spacial score (nSPS) is 11.2. The standard InChI is InChI=1S/C20H24BrNO2/c1-5-14-10-11-18(16(21)12-14)24-13-19(23)22-17-9-7-6-8-15(17)20(2,3)4/h6-12H,5,13H2,1-4H3,(H,22,23). The molecule has 2 aromatic rings. The van der Waals surface area contributed by atoms with Gasteiger partial charge in [-0.05, 0) is 57.1 Å². The van der Waals surface area contributed by atoms with Crippen LogP contribution in [0.15, 0.2) is 46.9 Å². The Bertz CT molecular complexity index is 720. The molecule has 2 aromatic carbocycles. The quantitative estimate of drug-likeness (QED) is 0.750. The van der Waals surface area contributed by atoms with Crippen molar-refractivity contribution in [1.29, 1.82) is 0 Å². The molecule has 0 saturated carbocycles. The summed E-state index contributed by atoms with van der Waals surface area (Å²) in [6, 6.07) is 13.8. The Balaban J connectivity index is 2.02. The summed E-state index contributed by atoms with van der Waals surface area (Å²) in [6.45, 7) is 8.45. The third-order valence-electron chi connectivity index (χ3n) is 3.77. The highest BCUT2D eigenvalue weighted by molar-refractivity contribution is 9.10. The van der Waals surface area contributed by atoms with Gasteiger partial charge < -0.3 is 10.1 Å². The summed E-state index contributed by atoms with van der Waals surface area (Å²) in [4.78, 5) is 12.2. The Morgan fingerprint density at radius 1 is 1.17 bits per heavy atom. The second kappa shape index (κ2) is 7.84. The highest BCUT2D eigenvalue weighted by Gasteiger charge is 2.18. The van der Waals surface area contributed by atoms with E-state index in [0.29, 0.717) is 5.75 Å².